The Labute approximate surface area is 104 Å². The minimum absolute atomic E-state index is 0.128. The minimum Gasteiger partial charge on any atom is -0.444 e. The van der Waals surface area contributed by atoms with Crippen LogP contribution in [0, 0.1) is 5.92 Å². The molecule has 1 aliphatic rings. The molecule has 0 saturated heterocycles. The molecule has 4 nitrogen and oxygen atoms in total. The van der Waals surface area contributed by atoms with E-state index in [0.717, 1.165) is 32.1 Å². The first-order valence-corrected chi connectivity index (χ1v) is 6.53. The van der Waals surface area contributed by atoms with Gasteiger partial charge in [0.2, 0.25) is 0 Å². The molecule has 1 amide bonds. The van der Waals surface area contributed by atoms with Crippen LogP contribution in [-0.2, 0) is 4.74 Å². The number of ether oxygens (including phenoxy) is 1. The summed E-state index contributed by atoms with van der Waals surface area (Å²) in [6.07, 6.45) is 4.59. The molecule has 1 saturated carbocycles. The normalized spacial score (nSPS) is 24.7. The molecule has 0 heterocycles. The summed E-state index contributed by atoms with van der Waals surface area (Å²) in [4.78, 5) is 11.3. The lowest BCUT2D eigenvalue weighted by molar-refractivity contribution is 0.0525. The fraction of sp³-hybridized carbons (Fsp3) is 0.923. The van der Waals surface area contributed by atoms with Gasteiger partial charge in [0.25, 0.3) is 0 Å². The Bertz CT molecular complexity index is 248. The minimum atomic E-state index is -0.439. The van der Waals surface area contributed by atoms with Crippen LogP contribution in [0.25, 0.3) is 0 Å². The smallest absolute Gasteiger partial charge is 0.407 e. The SMILES string of the molecule is CC(C)(C)OC(=O)NCCCC1CCCC1O. The number of hydrogen-bond donors (Lipinski definition) is 2. The summed E-state index contributed by atoms with van der Waals surface area (Å²) in [7, 11) is 0. The number of alkyl carbamates (subject to hydrolysis) is 1. The van der Waals surface area contributed by atoms with Gasteiger partial charge in [-0.1, -0.05) is 6.42 Å². The van der Waals surface area contributed by atoms with E-state index in [-0.39, 0.29) is 12.2 Å². The molecular formula is C13H25NO3. The highest BCUT2D eigenvalue weighted by molar-refractivity contribution is 5.67. The Balaban J connectivity index is 2.06. The van der Waals surface area contributed by atoms with Crippen LogP contribution in [0.15, 0.2) is 0 Å². The van der Waals surface area contributed by atoms with E-state index in [1.807, 2.05) is 20.8 Å². The van der Waals surface area contributed by atoms with Gasteiger partial charge in [-0.25, -0.2) is 4.79 Å². The van der Waals surface area contributed by atoms with Crippen molar-refractivity contribution >= 4 is 6.09 Å². The van der Waals surface area contributed by atoms with Crippen LogP contribution in [0.1, 0.15) is 52.9 Å². The van der Waals surface area contributed by atoms with Crippen molar-refractivity contribution in [1.29, 1.82) is 0 Å². The van der Waals surface area contributed by atoms with Gasteiger partial charge in [0.15, 0.2) is 0 Å². The van der Waals surface area contributed by atoms with Gasteiger partial charge >= 0.3 is 6.09 Å². The topological polar surface area (TPSA) is 58.6 Å². The van der Waals surface area contributed by atoms with Crippen molar-refractivity contribution < 1.29 is 14.6 Å². The molecule has 1 rings (SSSR count). The maximum absolute atomic E-state index is 11.3. The van der Waals surface area contributed by atoms with Gasteiger partial charge in [0, 0.05) is 6.54 Å². The molecule has 0 aromatic heterocycles. The van der Waals surface area contributed by atoms with Gasteiger partial charge in [-0.2, -0.15) is 0 Å². The van der Waals surface area contributed by atoms with E-state index in [4.69, 9.17) is 4.74 Å². The zero-order valence-corrected chi connectivity index (χ0v) is 11.2. The molecule has 0 radical (unpaired) electrons. The molecule has 1 fully saturated rings. The first-order chi connectivity index (χ1) is 7.88. The van der Waals surface area contributed by atoms with E-state index in [0.29, 0.717) is 12.5 Å². The first kappa shape index (κ1) is 14.3. The molecule has 0 aromatic carbocycles. The van der Waals surface area contributed by atoms with E-state index in [9.17, 15) is 9.90 Å². The molecule has 0 aliphatic heterocycles. The molecule has 17 heavy (non-hydrogen) atoms. The lowest BCUT2D eigenvalue weighted by Crippen LogP contribution is -2.33. The molecule has 1 aliphatic carbocycles. The summed E-state index contributed by atoms with van der Waals surface area (Å²) < 4.78 is 5.13. The fourth-order valence-electron chi connectivity index (χ4n) is 2.22. The number of rotatable bonds is 4. The van der Waals surface area contributed by atoms with Crippen molar-refractivity contribution in [2.45, 2.75) is 64.6 Å². The highest BCUT2D eigenvalue weighted by Crippen LogP contribution is 2.28. The van der Waals surface area contributed by atoms with E-state index < -0.39 is 5.60 Å². The van der Waals surface area contributed by atoms with Crippen LogP contribution in [-0.4, -0.2) is 29.4 Å². The zero-order chi connectivity index (χ0) is 12.9. The average Bonchev–Trinajstić information content (AvgIpc) is 2.56. The summed E-state index contributed by atoms with van der Waals surface area (Å²) in [5.74, 6) is 0.426. The molecule has 0 aromatic rings. The first-order valence-electron chi connectivity index (χ1n) is 6.53. The van der Waals surface area contributed by atoms with Gasteiger partial charge in [-0.3, -0.25) is 0 Å². The summed E-state index contributed by atoms with van der Waals surface area (Å²) in [6.45, 7) is 6.17. The van der Waals surface area contributed by atoms with E-state index in [1.165, 1.54) is 0 Å². The van der Waals surface area contributed by atoms with Gasteiger partial charge in [-0.05, 0) is 52.4 Å². The van der Waals surface area contributed by atoms with Gasteiger partial charge in [0.1, 0.15) is 5.60 Å². The zero-order valence-electron chi connectivity index (χ0n) is 11.2. The third-order valence-corrected chi connectivity index (χ3v) is 3.04. The Kier molecular flexibility index (Phi) is 5.25. The molecule has 0 spiro atoms. The largest absolute Gasteiger partial charge is 0.444 e. The number of nitrogens with one attached hydrogen (secondary N) is 1. The molecule has 2 N–H and O–H groups in total. The van der Waals surface area contributed by atoms with E-state index >= 15 is 0 Å². The maximum atomic E-state index is 11.3. The third kappa shape index (κ3) is 5.91. The van der Waals surface area contributed by atoms with Crippen molar-refractivity contribution in [2.24, 2.45) is 5.92 Å². The Hall–Kier alpha value is -0.770. The highest BCUT2D eigenvalue weighted by Gasteiger charge is 2.24. The second kappa shape index (κ2) is 6.24. The van der Waals surface area contributed by atoms with Crippen LogP contribution in [0.4, 0.5) is 4.79 Å². The van der Waals surface area contributed by atoms with Crippen molar-refractivity contribution in [2.75, 3.05) is 6.54 Å². The Morgan fingerprint density at radius 3 is 2.65 bits per heavy atom. The number of aliphatic hydroxyl groups is 1. The van der Waals surface area contributed by atoms with Crippen LogP contribution < -0.4 is 5.32 Å². The monoisotopic (exact) mass is 243 g/mol. The third-order valence-electron chi connectivity index (χ3n) is 3.04. The lowest BCUT2D eigenvalue weighted by Gasteiger charge is -2.20. The summed E-state index contributed by atoms with van der Waals surface area (Å²) in [6, 6.07) is 0. The molecule has 4 heteroatoms. The van der Waals surface area contributed by atoms with Crippen LogP contribution in [0.3, 0.4) is 0 Å². The molecule has 2 atom stereocenters. The Morgan fingerprint density at radius 1 is 1.41 bits per heavy atom. The summed E-state index contributed by atoms with van der Waals surface area (Å²) in [5.41, 5.74) is -0.439. The van der Waals surface area contributed by atoms with Crippen molar-refractivity contribution in [3.05, 3.63) is 0 Å². The quantitative estimate of drug-likeness (QED) is 0.746. The van der Waals surface area contributed by atoms with Crippen molar-refractivity contribution in [1.82, 2.24) is 5.32 Å². The van der Waals surface area contributed by atoms with Gasteiger partial charge in [-0.15, -0.1) is 0 Å². The lowest BCUT2D eigenvalue weighted by atomic mass is 10.00. The van der Waals surface area contributed by atoms with E-state index in [1.54, 1.807) is 0 Å². The number of aliphatic hydroxyl groups excluding tert-OH is 1. The van der Waals surface area contributed by atoms with E-state index in [2.05, 4.69) is 5.32 Å². The molecule has 0 bridgehead atoms. The second-order valence-electron chi connectivity index (χ2n) is 5.83. The number of carbonyl (C=O) groups is 1. The van der Waals surface area contributed by atoms with Gasteiger partial charge in [0.05, 0.1) is 6.10 Å². The van der Waals surface area contributed by atoms with Crippen LogP contribution >= 0.6 is 0 Å². The predicted molar refractivity (Wildman–Crippen MR) is 66.8 cm³/mol. The fourth-order valence-corrected chi connectivity index (χ4v) is 2.22. The molecule has 2 unspecified atom stereocenters. The summed E-state index contributed by atoms with van der Waals surface area (Å²) in [5, 5.41) is 12.4. The molecule has 100 valence electrons. The van der Waals surface area contributed by atoms with Crippen molar-refractivity contribution in [3.8, 4) is 0 Å². The number of hydrogen-bond acceptors (Lipinski definition) is 3. The molecular weight excluding hydrogens is 218 g/mol. The second-order valence-corrected chi connectivity index (χ2v) is 5.83. The number of carbonyl (C=O) groups excluding carboxylic acids is 1. The van der Waals surface area contributed by atoms with Crippen molar-refractivity contribution in [3.63, 3.8) is 0 Å². The van der Waals surface area contributed by atoms with Gasteiger partial charge < -0.3 is 15.2 Å². The average molecular weight is 243 g/mol. The maximum Gasteiger partial charge on any atom is 0.407 e. The van der Waals surface area contributed by atoms with Crippen LogP contribution in [0.5, 0.6) is 0 Å². The summed E-state index contributed by atoms with van der Waals surface area (Å²) >= 11 is 0. The van der Waals surface area contributed by atoms with Crippen LogP contribution in [0.2, 0.25) is 0 Å². The number of amides is 1. The Morgan fingerprint density at radius 2 is 2.12 bits per heavy atom. The highest BCUT2D eigenvalue weighted by atomic mass is 16.6. The standard InChI is InChI=1S/C13H25NO3/c1-13(2,3)17-12(16)14-9-5-7-10-6-4-8-11(10)15/h10-11,15H,4-9H2,1-3H3,(H,14,16). The predicted octanol–water partition coefficient (Wildman–Crippen LogP) is 2.45.